The van der Waals surface area contributed by atoms with Crippen LogP contribution in [0.2, 0.25) is 10.0 Å². The third kappa shape index (κ3) is 8.32. The Balaban J connectivity index is 1.45. The molecule has 1 fully saturated rings. The number of carbonyl (C=O) groups is 4. The lowest BCUT2D eigenvalue weighted by Gasteiger charge is -2.27. The fraction of sp³-hybridized carbons (Fsp3) is 0.333. The summed E-state index contributed by atoms with van der Waals surface area (Å²) in [5.74, 6) is -1.00. The lowest BCUT2D eigenvalue weighted by molar-refractivity contribution is -0.395. The highest BCUT2D eigenvalue weighted by atomic mass is 35.5. The second kappa shape index (κ2) is 12.2. The number of urea groups is 1. The van der Waals surface area contributed by atoms with Gasteiger partial charge < -0.3 is 20.7 Å². The molecule has 1 unspecified atom stereocenters. The van der Waals surface area contributed by atoms with E-state index in [1.54, 1.807) is 63.2 Å². The van der Waals surface area contributed by atoms with Crippen molar-refractivity contribution in [1.29, 1.82) is 0 Å². The number of carbonyl (C=O) groups excluding carboxylic acids is 4. The first kappa shape index (κ1) is 28.2. The molecule has 1 saturated heterocycles. The van der Waals surface area contributed by atoms with E-state index in [2.05, 4.69) is 16.0 Å². The Hall–Kier alpha value is -3.38. The maximum Gasteiger partial charge on any atom is 0.323 e. The van der Waals surface area contributed by atoms with Crippen molar-refractivity contribution in [2.75, 3.05) is 17.2 Å². The highest BCUT2D eigenvalue weighted by Gasteiger charge is 2.33. The first-order chi connectivity index (χ1) is 17.4. The smallest absolute Gasteiger partial charge is 0.323 e. The Bertz CT molecular complexity index is 1140. The van der Waals surface area contributed by atoms with E-state index in [4.69, 9.17) is 37.8 Å². The SMILES string of the molecule is CC(COON1C(=O)CCC1=O)NC(=O)C(C)(C)Oc1ccc(NC(=O)Nc2cc(Cl)cc(Cl)c2)cc1. The molecule has 2 aromatic rings. The Labute approximate surface area is 223 Å². The third-order valence-corrected chi connectivity index (χ3v) is 5.42. The van der Waals surface area contributed by atoms with Gasteiger partial charge in [0.05, 0.1) is 6.04 Å². The highest BCUT2D eigenvalue weighted by Crippen LogP contribution is 2.24. The molecule has 1 aliphatic rings. The largest absolute Gasteiger partial charge is 0.478 e. The van der Waals surface area contributed by atoms with Gasteiger partial charge in [0.2, 0.25) is 0 Å². The monoisotopic (exact) mass is 552 g/mol. The van der Waals surface area contributed by atoms with Gasteiger partial charge in [0.25, 0.3) is 17.7 Å². The van der Waals surface area contributed by atoms with Crippen LogP contribution in [-0.4, -0.2) is 47.1 Å². The molecular weight excluding hydrogens is 527 g/mol. The summed E-state index contributed by atoms with van der Waals surface area (Å²) in [4.78, 5) is 57.6. The van der Waals surface area contributed by atoms with Crippen molar-refractivity contribution in [3.63, 3.8) is 0 Å². The molecule has 0 aromatic heterocycles. The van der Waals surface area contributed by atoms with Crippen LogP contribution in [0.15, 0.2) is 42.5 Å². The van der Waals surface area contributed by atoms with Crippen LogP contribution >= 0.6 is 23.2 Å². The zero-order valence-electron chi connectivity index (χ0n) is 20.3. The van der Waals surface area contributed by atoms with Gasteiger partial charge in [-0.25, -0.2) is 9.68 Å². The quantitative estimate of drug-likeness (QED) is 0.227. The van der Waals surface area contributed by atoms with Crippen LogP contribution in [0.4, 0.5) is 16.2 Å². The summed E-state index contributed by atoms with van der Waals surface area (Å²) in [5, 5.41) is 9.37. The predicted octanol–water partition coefficient (Wildman–Crippen LogP) is 4.31. The summed E-state index contributed by atoms with van der Waals surface area (Å²) < 4.78 is 5.82. The number of imide groups is 1. The summed E-state index contributed by atoms with van der Waals surface area (Å²) >= 11 is 11.9. The molecule has 37 heavy (non-hydrogen) atoms. The molecule has 3 rings (SSSR count). The van der Waals surface area contributed by atoms with E-state index < -0.39 is 35.4 Å². The molecular formula is C24H26Cl2N4O7. The van der Waals surface area contributed by atoms with Crippen molar-refractivity contribution in [2.24, 2.45) is 0 Å². The first-order valence-corrected chi connectivity index (χ1v) is 12.0. The van der Waals surface area contributed by atoms with E-state index in [-0.39, 0.29) is 19.4 Å². The summed E-state index contributed by atoms with van der Waals surface area (Å²) in [6, 6.07) is 10.1. The van der Waals surface area contributed by atoms with E-state index in [0.717, 1.165) is 0 Å². The molecule has 0 spiro atoms. The number of nitrogens with one attached hydrogen (secondary N) is 3. The van der Waals surface area contributed by atoms with Crippen molar-refractivity contribution < 1.29 is 33.8 Å². The summed E-state index contributed by atoms with van der Waals surface area (Å²) in [7, 11) is 0. The summed E-state index contributed by atoms with van der Waals surface area (Å²) in [6.07, 6.45) is 0.144. The zero-order chi connectivity index (χ0) is 27.2. The van der Waals surface area contributed by atoms with Gasteiger partial charge in [-0.05, 0) is 63.2 Å². The number of halogens is 2. The Kier molecular flexibility index (Phi) is 9.33. The minimum absolute atomic E-state index is 0.0720. The number of hydroxylamine groups is 2. The molecule has 2 aromatic carbocycles. The standard InChI is InChI=1S/C24H26Cl2N4O7/c1-14(13-35-37-30-20(31)8-9-21(30)32)27-22(33)24(2,3)36-19-6-4-17(5-7-19)28-23(34)29-18-11-15(25)10-16(26)12-18/h4-7,10-12,14H,8-9,13H2,1-3H3,(H,27,33)(H2,28,29,34). The van der Waals surface area contributed by atoms with Crippen molar-refractivity contribution in [3.05, 3.63) is 52.5 Å². The zero-order valence-corrected chi connectivity index (χ0v) is 21.8. The van der Waals surface area contributed by atoms with Crippen LogP contribution in [0.5, 0.6) is 5.75 Å². The Morgan fingerprint density at radius 3 is 2.14 bits per heavy atom. The second-order valence-corrected chi connectivity index (χ2v) is 9.56. The third-order valence-electron chi connectivity index (χ3n) is 4.98. The molecule has 0 saturated carbocycles. The lowest BCUT2D eigenvalue weighted by atomic mass is 10.1. The van der Waals surface area contributed by atoms with Crippen molar-refractivity contribution in [1.82, 2.24) is 10.4 Å². The van der Waals surface area contributed by atoms with E-state index in [1.807, 2.05) is 0 Å². The molecule has 5 amide bonds. The Morgan fingerprint density at radius 1 is 0.973 bits per heavy atom. The lowest BCUT2D eigenvalue weighted by Crippen LogP contribution is -2.50. The molecule has 198 valence electrons. The number of amides is 5. The van der Waals surface area contributed by atoms with Gasteiger partial charge in [0.1, 0.15) is 12.4 Å². The minimum Gasteiger partial charge on any atom is -0.478 e. The number of hydrogen-bond acceptors (Lipinski definition) is 7. The number of anilines is 2. The average molecular weight is 553 g/mol. The molecule has 1 atom stereocenters. The fourth-order valence-electron chi connectivity index (χ4n) is 3.13. The minimum atomic E-state index is -1.26. The van der Waals surface area contributed by atoms with Gasteiger partial charge in [0, 0.05) is 34.3 Å². The average Bonchev–Trinajstić information content (AvgIpc) is 3.11. The first-order valence-electron chi connectivity index (χ1n) is 11.2. The van der Waals surface area contributed by atoms with Crippen LogP contribution in [0.3, 0.4) is 0 Å². The molecule has 0 aliphatic carbocycles. The van der Waals surface area contributed by atoms with E-state index in [9.17, 15) is 19.2 Å². The van der Waals surface area contributed by atoms with Gasteiger partial charge in [-0.15, -0.1) is 10.1 Å². The maximum absolute atomic E-state index is 12.7. The van der Waals surface area contributed by atoms with Crippen LogP contribution in [0.1, 0.15) is 33.6 Å². The molecule has 13 heteroatoms. The number of nitrogens with zero attached hydrogens (tertiary/aromatic N) is 1. The van der Waals surface area contributed by atoms with Crippen LogP contribution < -0.4 is 20.7 Å². The van der Waals surface area contributed by atoms with E-state index in [1.165, 1.54) is 0 Å². The van der Waals surface area contributed by atoms with Gasteiger partial charge in [-0.1, -0.05) is 23.2 Å². The second-order valence-electron chi connectivity index (χ2n) is 8.69. The molecule has 1 aliphatic heterocycles. The van der Waals surface area contributed by atoms with Crippen molar-refractivity contribution in [3.8, 4) is 5.75 Å². The maximum atomic E-state index is 12.7. The molecule has 11 nitrogen and oxygen atoms in total. The van der Waals surface area contributed by atoms with Crippen LogP contribution in [0, 0.1) is 0 Å². The molecule has 0 radical (unpaired) electrons. The number of benzene rings is 2. The highest BCUT2D eigenvalue weighted by molar-refractivity contribution is 6.35. The predicted molar refractivity (Wildman–Crippen MR) is 136 cm³/mol. The Morgan fingerprint density at radius 2 is 1.54 bits per heavy atom. The molecule has 3 N–H and O–H groups in total. The van der Waals surface area contributed by atoms with Crippen LogP contribution in [0.25, 0.3) is 0 Å². The molecule has 1 heterocycles. The fourth-order valence-corrected chi connectivity index (χ4v) is 3.66. The van der Waals surface area contributed by atoms with E-state index >= 15 is 0 Å². The summed E-state index contributed by atoms with van der Waals surface area (Å²) in [5.41, 5.74) is -0.332. The number of hydrogen-bond donors (Lipinski definition) is 3. The van der Waals surface area contributed by atoms with Gasteiger partial charge in [-0.2, -0.15) is 0 Å². The van der Waals surface area contributed by atoms with Gasteiger partial charge in [0.15, 0.2) is 5.60 Å². The normalized spacial score (nSPS) is 14.4. The van der Waals surface area contributed by atoms with Crippen molar-refractivity contribution in [2.45, 2.75) is 45.3 Å². The van der Waals surface area contributed by atoms with Gasteiger partial charge in [-0.3, -0.25) is 14.4 Å². The van der Waals surface area contributed by atoms with Crippen LogP contribution in [-0.2, 0) is 24.3 Å². The van der Waals surface area contributed by atoms with E-state index in [0.29, 0.717) is 32.2 Å². The summed E-state index contributed by atoms with van der Waals surface area (Å²) in [6.45, 7) is 4.73. The number of rotatable bonds is 10. The van der Waals surface area contributed by atoms with Crippen molar-refractivity contribution >= 4 is 58.3 Å². The van der Waals surface area contributed by atoms with Gasteiger partial charge >= 0.3 is 6.03 Å². The molecule has 0 bridgehead atoms. The number of ether oxygens (including phenoxy) is 1. The topological polar surface area (TPSA) is 135 Å².